The molecule has 26 heavy (non-hydrogen) atoms. The number of carbonyl (C=O) groups excluding carboxylic acids is 2. The highest BCUT2D eigenvalue weighted by Gasteiger charge is 2.42. The number of nitrogens with zero attached hydrogens (tertiary/aromatic N) is 2. The second kappa shape index (κ2) is 6.49. The molecule has 7 nitrogen and oxygen atoms in total. The molecule has 0 spiro atoms. The van der Waals surface area contributed by atoms with Crippen molar-refractivity contribution in [1.82, 2.24) is 4.90 Å². The Bertz CT molecular complexity index is 763. The van der Waals surface area contributed by atoms with Gasteiger partial charge in [-0.25, -0.2) is 4.79 Å². The van der Waals surface area contributed by atoms with Crippen molar-refractivity contribution >= 4 is 29.1 Å². The maximum atomic E-state index is 13.0. The third-order valence-electron chi connectivity index (χ3n) is 5.83. The second-order valence-electron chi connectivity index (χ2n) is 7.40. The van der Waals surface area contributed by atoms with Crippen molar-refractivity contribution in [1.29, 1.82) is 0 Å². The average Bonchev–Trinajstić information content (AvgIpc) is 2.66. The lowest BCUT2D eigenvalue weighted by atomic mass is 9.83. The first-order chi connectivity index (χ1) is 12.4. The molecule has 1 aromatic rings. The summed E-state index contributed by atoms with van der Waals surface area (Å²) < 4.78 is 5.69. The van der Waals surface area contributed by atoms with Crippen LogP contribution in [-0.4, -0.2) is 55.5 Å². The molecule has 0 radical (unpaired) electrons. The van der Waals surface area contributed by atoms with Gasteiger partial charge in [-0.05, 0) is 45.0 Å². The van der Waals surface area contributed by atoms with Gasteiger partial charge in [-0.2, -0.15) is 0 Å². The number of quaternary nitrogens is 1. The number of hydrogen-bond acceptors (Lipinski definition) is 5. The van der Waals surface area contributed by atoms with Crippen LogP contribution in [0.3, 0.4) is 0 Å². The first kappa shape index (κ1) is 17.7. The summed E-state index contributed by atoms with van der Waals surface area (Å²) in [5.74, 6) is -0.251. The van der Waals surface area contributed by atoms with E-state index in [4.69, 9.17) is 16.3 Å². The van der Waals surface area contributed by atoms with E-state index in [9.17, 15) is 14.8 Å². The molecule has 4 aliphatic heterocycles. The molecular weight excluding hydrogens is 358 g/mol. The molecule has 3 fully saturated rings. The normalized spacial score (nSPS) is 31.4. The van der Waals surface area contributed by atoms with E-state index in [2.05, 4.69) is 4.90 Å². The fourth-order valence-corrected chi connectivity index (χ4v) is 4.52. The van der Waals surface area contributed by atoms with Crippen LogP contribution in [0, 0.1) is 11.1 Å². The Balaban J connectivity index is 1.68. The van der Waals surface area contributed by atoms with Gasteiger partial charge in [-0.1, -0.05) is 11.6 Å². The van der Waals surface area contributed by atoms with E-state index in [-0.39, 0.29) is 34.2 Å². The van der Waals surface area contributed by atoms with Crippen molar-refractivity contribution in [3.8, 4) is 5.75 Å². The van der Waals surface area contributed by atoms with Crippen LogP contribution in [0.4, 0.5) is 5.69 Å². The molecule has 3 unspecified atom stereocenters. The highest BCUT2D eigenvalue weighted by atomic mass is 35.5. The summed E-state index contributed by atoms with van der Waals surface area (Å²) in [5.41, 5.74) is 0.575. The predicted molar refractivity (Wildman–Crippen MR) is 96.6 cm³/mol. The first-order valence-electron chi connectivity index (χ1n) is 8.95. The molecule has 2 bridgehead atoms. The van der Waals surface area contributed by atoms with Gasteiger partial charge in [0.05, 0.1) is 12.2 Å². The number of piperidine rings is 3. The van der Waals surface area contributed by atoms with Gasteiger partial charge >= 0.3 is 5.91 Å². The van der Waals surface area contributed by atoms with Crippen LogP contribution >= 0.6 is 11.6 Å². The van der Waals surface area contributed by atoms with Crippen molar-refractivity contribution in [3.63, 3.8) is 0 Å². The number of hydrogen-bond donors (Lipinski definition) is 1. The van der Waals surface area contributed by atoms with Crippen LogP contribution in [0.15, 0.2) is 12.1 Å². The zero-order chi connectivity index (χ0) is 18.6. The summed E-state index contributed by atoms with van der Waals surface area (Å²) in [5, 5.41) is 12.9. The largest absolute Gasteiger partial charge is 0.626 e. The number of nitrogens with one attached hydrogen (secondary N) is 1. The number of ether oxygens (including phenoxy) is 1. The van der Waals surface area contributed by atoms with E-state index >= 15 is 0 Å². The minimum Gasteiger partial charge on any atom is -0.626 e. The Morgan fingerprint density at radius 2 is 2.04 bits per heavy atom. The summed E-state index contributed by atoms with van der Waals surface area (Å²) in [4.78, 5) is 28.8. The minimum atomic E-state index is -0.716. The Morgan fingerprint density at radius 1 is 1.35 bits per heavy atom. The Labute approximate surface area is 157 Å². The van der Waals surface area contributed by atoms with E-state index < -0.39 is 12.0 Å². The number of rotatable bonds is 2. The van der Waals surface area contributed by atoms with Crippen molar-refractivity contribution in [3.05, 3.63) is 27.9 Å². The van der Waals surface area contributed by atoms with Gasteiger partial charge in [0.25, 0.3) is 5.91 Å². The molecule has 5 rings (SSSR count). The number of benzene rings is 1. The summed E-state index contributed by atoms with van der Waals surface area (Å²) in [6.07, 6.45) is 1.21. The number of fused-ring (bicyclic) bond motifs is 4. The van der Waals surface area contributed by atoms with Crippen molar-refractivity contribution < 1.29 is 19.4 Å². The molecule has 8 heteroatoms. The molecule has 3 atom stereocenters. The molecule has 1 N–H and O–H groups in total. The molecule has 140 valence electrons. The Morgan fingerprint density at radius 3 is 2.65 bits per heavy atom. The highest BCUT2D eigenvalue weighted by Crippen LogP contribution is 2.39. The number of likely N-dealkylation sites (N-methyl/N-ethyl adjacent to an activating group) is 1. The summed E-state index contributed by atoms with van der Waals surface area (Å²) in [7, 11) is 1.61. The molecule has 0 aromatic heterocycles. The average molecular weight is 380 g/mol. The van der Waals surface area contributed by atoms with Gasteiger partial charge in [0.2, 0.25) is 0 Å². The van der Waals surface area contributed by atoms with Crippen LogP contribution in [0.1, 0.15) is 30.1 Å². The lowest BCUT2D eigenvalue weighted by Crippen LogP contribution is -3.16. The molecule has 2 amide bonds. The monoisotopic (exact) mass is 379 g/mol. The van der Waals surface area contributed by atoms with E-state index in [1.165, 1.54) is 11.0 Å². The van der Waals surface area contributed by atoms with Gasteiger partial charge in [-0.3, -0.25) is 9.69 Å². The maximum absolute atomic E-state index is 13.0. The van der Waals surface area contributed by atoms with Gasteiger partial charge in [0.1, 0.15) is 11.6 Å². The van der Waals surface area contributed by atoms with Crippen molar-refractivity contribution in [2.45, 2.75) is 31.9 Å². The molecule has 4 aliphatic rings. The van der Waals surface area contributed by atoms with Gasteiger partial charge < -0.3 is 19.9 Å². The summed E-state index contributed by atoms with van der Waals surface area (Å²) >= 11 is 6.16. The molecule has 0 aliphatic carbocycles. The second-order valence-corrected chi connectivity index (χ2v) is 7.83. The topological polar surface area (TPSA) is 77.3 Å². The molecule has 4 heterocycles. The minimum absolute atomic E-state index is 0.153. The van der Waals surface area contributed by atoms with Gasteiger partial charge in [-0.15, -0.1) is 0 Å². The number of anilines is 1. The summed E-state index contributed by atoms with van der Waals surface area (Å²) in [6, 6.07) is 2.79. The SMILES string of the molecule is CC1Oc2c(C(=O)[NH+]([O-])C3CN4CCC3CC4)cc(Cl)cc2N(C)C1=O. The van der Waals surface area contributed by atoms with Gasteiger partial charge in [0.15, 0.2) is 11.9 Å². The standard InChI is InChI=1S/C18H22ClN3O4/c1-10-17(23)20(2)14-8-12(19)7-13(16(14)26-10)18(24)22(25)15-9-21-5-3-11(15)4-6-21/h7-8,10-11,15,22H,3-6,9H2,1-2H3. The lowest BCUT2D eigenvalue weighted by Gasteiger charge is -2.47. The predicted octanol–water partition coefficient (Wildman–Crippen LogP) is 0.701. The van der Waals surface area contributed by atoms with Crippen LogP contribution in [-0.2, 0) is 4.79 Å². The Hall–Kier alpha value is -1.67. The number of amides is 2. The molecule has 3 saturated heterocycles. The Kier molecular flexibility index (Phi) is 4.43. The van der Waals surface area contributed by atoms with E-state index in [1.807, 2.05) is 0 Å². The smallest absolute Gasteiger partial charge is 0.348 e. The molecule has 1 aromatic carbocycles. The molecule has 0 saturated carbocycles. The van der Waals surface area contributed by atoms with Crippen LogP contribution < -0.4 is 14.7 Å². The van der Waals surface area contributed by atoms with Crippen LogP contribution in [0.2, 0.25) is 5.02 Å². The van der Waals surface area contributed by atoms with Crippen molar-refractivity contribution in [2.75, 3.05) is 31.6 Å². The zero-order valence-corrected chi connectivity index (χ0v) is 15.6. The van der Waals surface area contributed by atoms with Crippen LogP contribution in [0.5, 0.6) is 5.75 Å². The van der Waals surface area contributed by atoms with Crippen LogP contribution in [0.25, 0.3) is 0 Å². The highest BCUT2D eigenvalue weighted by molar-refractivity contribution is 6.31. The molecular formula is C18H22ClN3O4. The number of carbonyl (C=O) groups is 2. The zero-order valence-electron chi connectivity index (χ0n) is 14.8. The third-order valence-corrected chi connectivity index (χ3v) is 6.05. The quantitative estimate of drug-likeness (QED) is 0.765. The maximum Gasteiger partial charge on any atom is 0.348 e. The third kappa shape index (κ3) is 2.79. The first-order valence-corrected chi connectivity index (χ1v) is 9.33. The van der Waals surface area contributed by atoms with E-state index in [0.29, 0.717) is 17.3 Å². The lowest BCUT2D eigenvalue weighted by molar-refractivity contribution is -0.796. The van der Waals surface area contributed by atoms with E-state index in [0.717, 1.165) is 25.9 Å². The van der Waals surface area contributed by atoms with E-state index in [1.54, 1.807) is 20.0 Å². The number of hydroxylamine groups is 2. The number of halogens is 1. The fourth-order valence-electron chi connectivity index (χ4n) is 4.30. The van der Waals surface area contributed by atoms with Crippen molar-refractivity contribution in [2.24, 2.45) is 5.92 Å². The van der Waals surface area contributed by atoms with Gasteiger partial charge in [0, 0.05) is 18.0 Å². The summed E-state index contributed by atoms with van der Waals surface area (Å²) in [6.45, 7) is 4.28. The fraction of sp³-hybridized carbons (Fsp3) is 0.556.